The van der Waals surface area contributed by atoms with Crippen molar-refractivity contribution in [3.05, 3.63) is 45.4 Å². The zero-order valence-electron chi connectivity index (χ0n) is 12.1. The van der Waals surface area contributed by atoms with Crippen molar-refractivity contribution in [2.75, 3.05) is 6.61 Å². The summed E-state index contributed by atoms with van der Waals surface area (Å²) in [5, 5.41) is 3.09. The molecule has 1 heterocycles. The number of nitrogens with zero attached hydrogens (tertiary/aromatic N) is 1. The van der Waals surface area contributed by atoms with E-state index >= 15 is 0 Å². The van der Waals surface area contributed by atoms with E-state index in [9.17, 15) is 0 Å². The number of benzene rings is 1. The maximum Gasteiger partial charge on any atom is 0.122 e. The van der Waals surface area contributed by atoms with Gasteiger partial charge in [0, 0.05) is 11.8 Å². The first-order valence-corrected chi connectivity index (χ1v) is 8.24. The maximum atomic E-state index is 5.91. The molecule has 0 fully saturated rings. The first-order chi connectivity index (χ1) is 9.60. The topological polar surface area (TPSA) is 22.1 Å². The summed E-state index contributed by atoms with van der Waals surface area (Å²) in [7, 11) is 0. The van der Waals surface area contributed by atoms with Gasteiger partial charge in [-0.3, -0.25) is 0 Å². The predicted octanol–water partition coefficient (Wildman–Crippen LogP) is 4.94. The minimum absolute atomic E-state index is 0.479. The van der Waals surface area contributed by atoms with Crippen LogP contribution in [0.25, 0.3) is 0 Å². The summed E-state index contributed by atoms with van der Waals surface area (Å²) in [4.78, 5) is 4.43. The molecule has 0 saturated carbocycles. The fraction of sp³-hybridized carbons (Fsp3) is 0.438. The second-order valence-electron chi connectivity index (χ2n) is 5.14. The van der Waals surface area contributed by atoms with Crippen LogP contribution in [-0.2, 0) is 12.3 Å². The molecule has 20 heavy (non-hydrogen) atoms. The molecule has 108 valence electrons. The van der Waals surface area contributed by atoms with Gasteiger partial charge in [0.25, 0.3) is 0 Å². The van der Waals surface area contributed by atoms with Gasteiger partial charge in [0.05, 0.1) is 23.2 Å². The smallest absolute Gasteiger partial charge is 0.122 e. The Hall–Kier alpha value is -1.06. The van der Waals surface area contributed by atoms with Crippen molar-refractivity contribution < 1.29 is 4.74 Å². The van der Waals surface area contributed by atoms with E-state index in [0.29, 0.717) is 18.4 Å². The summed E-state index contributed by atoms with van der Waals surface area (Å²) >= 11 is 7.40. The van der Waals surface area contributed by atoms with Crippen molar-refractivity contribution >= 4 is 22.9 Å². The van der Waals surface area contributed by atoms with Gasteiger partial charge >= 0.3 is 0 Å². The van der Waals surface area contributed by atoms with Crippen molar-refractivity contribution in [2.45, 2.75) is 39.0 Å². The molecule has 0 spiro atoms. The van der Waals surface area contributed by atoms with Gasteiger partial charge in [0.15, 0.2) is 0 Å². The highest BCUT2D eigenvalue weighted by Crippen LogP contribution is 2.24. The third-order valence-electron chi connectivity index (χ3n) is 3.19. The highest BCUT2D eigenvalue weighted by Gasteiger charge is 2.06. The second-order valence-corrected chi connectivity index (χ2v) is 6.35. The van der Waals surface area contributed by atoms with Crippen LogP contribution >= 0.6 is 22.9 Å². The number of aryl methyl sites for hydroxylation is 1. The predicted molar refractivity (Wildman–Crippen MR) is 86.1 cm³/mol. The molecule has 0 aliphatic carbocycles. The number of hydrogen-bond acceptors (Lipinski definition) is 3. The molecule has 0 bridgehead atoms. The van der Waals surface area contributed by atoms with E-state index in [1.54, 1.807) is 11.3 Å². The van der Waals surface area contributed by atoms with Gasteiger partial charge in [-0.15, -0.1) is 22.9 Å². The highest BCUT2D eigenvalue weighted by molar-refractivity contribution is 7.09. The number of alkyl halides is 1. The van der Waals surface area contributed by atoms with E-state index in [1.807, 2.05) is 5.38 Å². The van der Waals surface area contributed by atoms with E-state index < -0.39 is 0 Å². The minimum atomic E-state index is 0.479. The SMILES string of the molecule is Cc1ccc(C(C)C)cc1OCCc1nc(CCl)cs1. The molecule has 2 nitrogen and oxygen atoms in total. The molecule has 0 unspecified atom stereocenters. The Labute approximate surface area is 129 Å². The number of aromatic nitrogens is 1. The van der Waals surface area contributed by atoms with Crippen LogP contribution in [-0.4, -0.2) is 11.6 Å². The molecule has 4 heteroatoms. The van der Waals surface area contributed by atoms with E-state index in [0.717, 1.165) is 22.9 Å². The van der Waals surface area contributed by atoms with Crippen LogP contribution in [0.4, 0.5) is 0 Å². The molecular formula is C16H20ClNOS. The molecule has 2 aromatic rings. The Morgan fingerprint density at radius 3 is 2.80 bits per heavy atom. The zero-order chi connectivity index (χ0) is 14.5. The van der Waals surface area contributed by atoms with Gasteiger partial charge in [0.2, 0.25) is 0 Å². The Kier molecular flexibility index (Phi) is 5.44. The third-order valence-corrected chi connectivity index (χ3v) is 4.42. The molecule has 0 atom stereocenters. The van der Waals surface area contributed by atoms with Crippen LogP contribution in [0.5, 0.6) is 5.75 Å². The average Bonchev–Trinajstić information content (AvgIpc) is 2.88. The number of ether oxygens (including phenoxy) is 1. The molecule has 0 amide bonds. The molecule has 2 rings (SSSR count). The van der Waals surface area contributed by atoms with Gasteiger partial charge in [0.1, 0.15) is 5.75 Å². The molecule has 0 aliphatic heterocycles. The van der Waals surface area contributed by atoms with Crippen LogP contribution in [0.3, 0.4) is 0 Å². The lowest BCUT2D eigenvalue weighted by molar-refractivity contribution is 0.319. The Balaban J connectivity index is 1.94. The van der Waals surface area contributed by atoms with E-state index in [2.05, 4.69) is 44.0 Å². The van der Waals surface area contributed by atoms with Crippen LogP contribution < -0.4 is 4.74 Å². The Morgan fingerprint density at radius 2 is 2.15 bits per heavy atom. The van der Waals surface area contributed by atoms with Gasteiger partial charge < -0.3 is 4.74 Å². The molecule has 1 aromatic carbocycles. The van der Waals surface area contributed by atoms with Crippen molar-refractivity contribution in [2.24, 2.45) is 0 Å². The van der Waals surface area contributed by atoms with Gasteiger partial charge in [-0.05, 0) is 30.0 Å². The molecule has 0 radical (unpaired) electrons. The average molecular weight is 310 g/mol. The van der Waals surface area contributed by atoms with Crippen LogP contribution in [0.1, 0.15) is 41.6 Å². The molecule has 0 saturated heterocycles. The Morgan fingerprint density at radius 1 is 1.35 bits per heavy atom. The summed E-state index contributed by atoms with van der Waals surface area (Å²) in [6.07, 6.45) is 0.826. The van der Waals surface area contributed by atoms with Crippen molar-refractivity contribution in [1.29, 1.82) is 0 Å². The van der Waals surface area contributed by atoms with Crippen molar-refractivity contribution in [3.63, 3.8) is 0 Å². The van der Waals surface area contributed by atoms with E-state index in [4.69, 9.17) is 16.3 Å². The number of thiazole rings is 1. The van der Waals surface area contributed by atoms with Crippen LogP contribution in [0.15, 0.2) is 23.6 Å². The van der Waals surface area contributed by atoms with Crippen LogP contribution in [0, 0.1) is 6.92 Å². The molecule has 0 aliphatic rings. The molecular weight excluding hydrogens is 290 g/mol. The molecule has 1 aromatic heterocycles. The number of hydrogen-bond donors (Lipinski definition) is 0. The standard InChI is InChI=1S/C16H20ClNOS/c1-11(2)13-5-4-12(3)15(8-13)19-7-6-16-18-14(9-17)10-20-16/h4-5,8,10-11H,6-7,9H2,1-3H3. The third kappa shape index (κ3) is 3.97. The first kappa shape index (κ1) is 15.3. The zero-order valence-corrected chi connectivity index (χ0v) is 13.7. The van der Waals surface area contributed by atoms with Crippen molar-refractivity contribution in [1.82, 2.24) is 4.98 Å². The lowest BCUT2D eigenvalue weighted by Gasteiger charge is -2.12. The largest absolute Gasteiger partial charge is 0.493 e. The maximum absolute atomic E-state index is 5.91. The van der Waals surface area contributed by atoms with E-state index in [-0.39, 0.29) is 0 Å². The monoisotopic (exact) mass is 309 g/mol. The van der Waals surface area contributed by atoms with Gasteiger partial charge in [-0.1, -0.05) is 26.0 Å². The summed E-state index contributed by atoms with van der Waals surface area (Å²) < 4.78 is 5.91. The van der Waals surface area contributed by atoms with Gasteiger partial charge in [-0.25, -0.2) is 4.98 Å². The number of rotatable bonds is 6. The second kappa shape index (κ2) is 7.09. The van der Waals surface area contributed by atoms with E-state index in [1.165, 1.54) is 11.1 Å². The normalized spacial score (nSPS) is 11.1. The molecule has 0 N–H and O–H groups in total. The fourth-order valence-electron chi connectivity index (χ4n) is 1.90. The summed E-state index contributed by atoms with van der Waals surface area (Å²) in [5.41, 5.74) is 3.43. The van der Waals surface area contributed by atoms with Crippen LogP contribution in [0.2, 0.25) is 0 Å². The quantitative estimate of drug-likeness (QED) is 0.705. The minimum Gasteiger partial charge on any atom is -0.493 e. The number of halogens is 1. The highest BCUT2D eigenvalue weighted by atomic mass is 35.5. The first-order valence-electron chi connectivity index (χ1n) is 6.82. The lowest BCUT2D eigenvalue weighted by Crippen LogP contribution is -2.03. The lowest BCUT2D eigenvalue weighted by atomic mass is 10.0. The fourth-order valence-corrected chi connectivity index (χ4v) is 2.91. The Bertz CT molecular complexity index is 565. The van der Waals surface area contributed by atoms with Gasteiger partial charge in [-0.2, -0.15) is 0 Å². The summed E-state index contributed by atoms with van der Waals surface area (Å²) in [5.74, 6) is 1.97. The summed E-state index contributed by atoms with van der Waals surface area (Å²) in [6, 6.07) is 6.44. The van der Waals surface area contributed by atoms with Crippen molar-refractivity contribution in [3.8, 4) is 5.75 Å². The summed E-state index contributed by atoms with van der Waals surface area (Å²) in [6.45, 7) is 7.11.